The van der Waals surface area contributed by atoms with Crippen LogP contribution in [0, 0.1) is 11.3 Å². The molecule has 1 aliphatic heterocycles. The summed E-state index contributed by atoms with van der Waals surface area (Å²) in [5.74, 6) is 0. The van der Waals surface area contributed by atoms with Crippen molar-refractivity contribution in [3.05, 3.63) is 11.6 Å². The molecule has 0 aliphatic carbocycles. The number of nitrogens with zero attached hydrogens (tertiary/aromatic N) is 1. The van der Waals surface area contributed by atoms with E-state index in [1.165, 1.54) is 0 Å². The van der Waals surface area contributed by atoms with Crippen molar-refractivity contribution in [2.45, 2.75) is 19.4 Å². The van der Waals surface area contributed by atoms with E-state index in [9.17, 15) is 0 Å². The van der Waals surface area contributed by atoms with Gasteiger partial charge in [-0.1, -0.05) is 0 Å². The Bertz CT molecular complexity index is 186. The van der Waals surface area contributed by atoms with Crippen LogP contribution in [0.2, 0.25) is 0 Å². The number of nitriles is 1. The molecular formula is C7H9NO. The normalized spacial score (nSPS) is 23.0. The van der Waals surface area contributed by atoms with Crippen molar-refractivity contribution in [1.82, 2.24) is 0 Å². The summed E-state index contributed by atoms with van der Waals surface area (Å²) >= 11 is 0. The van der Waals surface area contributed by atoms with Gasteiger partial charge in [-0.15, -0.1) is 0 Å². The Labute approximate surface area is 54.7 Å². The van der Waals surface area contributed by atoms with Gasteiger partial charge in [-0.3, -0.25) is 0 Å². The zero-order valence-electron chi connectivity index (χ0n) is 5.64. The minimum atomic E-state index is -0.217. The third-order valence-electron chi connectivity index (χ3n) is 1.27. The molecular weight excluding hydrogens is 114 g/mol. The van der Waals surface area contributed by atoms with Gasteiger partial charge in [0.1, 0.15) is 0 Å². The average Bonchev–Trinajstić information content (AvgIpc) is 2.10. The minimum absolute atomic E-state index is 0.217. The molecule has 0 N–H and O–H groups in total. The van der Waals surface area contributed by atoms with E-state index in [1.807, 2.05) is 19.9 Å². The molecule has 0 aromatic heterocycles. The van der Waals surface area contributed by atoms with Crippen LogP contribution in [0.5, 0.6) is 0 Å². The van der Waals surface area contributed by atoms with E-state index in [4.69, 9.17) is 10.00 Å². The molecule has 2 heteroatoms. The summed E-state index contributed by atoms with van der Waals surface area (Å²) in [4.78, 5) is 0. The van der Waals surface area contributed by atoms with E-state index in [2.05, 4.69) is 6.07 Å². The molecule has 0 amide bonds. The van der Waals surface area contributed by atoms with Crippen molar-refractivity contribution in [2.24, 2.45) is 0 Å². The fourth-order valence-electron chi connectivity index (χ4n) is 0.831. The van der Waals surface area contributed by atoms with E-state index in [-0.39, 0.29) is 5.60 Å². The first kappa shape index (κ1) is 6.31. The van der Waals surface area contributed by atoms with Crippen LogP contribution in [-0.2, 0) is 4.74 Å². The van der Waals surface area contributed by atoms with E-state index < -0.39 is 0 Å². The quantitative estimate of drug-likeness (QED) is 0.485. The van der Waals surface area contributed by atoms with Crippen LogP contribution >= 0.6 is 0 Å². The average molecular weight is 123 g/mol. The first-order valence-corrected chi connectivity index (χ1v) is 2.90. The molecule has 1 heterocycles. The molecule has 0 saturated carbocycles. The van der Waals surface area contributed by atoms with Crippen molar-refractivity contribution in [1.29, 1.82) is 5.26 Å². The highest BCUT2D eigenvalue weighted by molar-refractivity contribution is 5.28. The first-order valence-electron chi connectivity index (χ1n) is 2.90. The molecule has 0 saturated heterocycles. The van der Waals surface area contributed by atoms with Gasteiger partial charge in [0.2, 0.25) is 0 Å². The van der Waals surface area contributed by atoms with Crippen LogP contribution in [0.4, 0.5) is 0 Å². The number of hydrogen-bond donors (Lipinski definition) is 0. The molecule has 2 nitrogen and oxygen atoms in total. The van der Waals surface area contributed by atoms with Crippen molar-refractivity contribution in [3.8, 4) is 6.07 Å². The van der Waals surface area contributed by atoms with E-state index in [1.54, 1.807) is 0 Å². The van der Waals surface area contributed by atoms with Crippen LogP contribution in [0.1, 0.15) is 13.8 Å². The summed E-state index contributed by atoms with van der Waals surface area (Å²) in [6.45, 7) is 4.36. The molecule has 48 valence electrons. The largest absolute Gasteiger partial charge is 0.366 e. The molecule has 1 rings (SSSR count). The fourth-order valence-corrected chi connectivity index (χ4v) is 0.831. The van der Waals surface area contributed by atoms with E-state index in [0.29, 0.717) is 6.61 Å². The van der Waals surface area contributed by atoms with Crippen LogP contribution in [-0.4, -0.2) is 12.2 Å². The van der Waals surface area contributed by atoms with Gasteiger partial charge in [-0.05, 0) is 19.9 Å². The maximum Gasteiger partial charge on any atom is 0.0969 e. The molecule has 0 spiro atoms. The summed E-state index contributed by atoms with van der Waals surface area (Å²) < 4.78 is 5.23. The highest BCUT2D eigenvalue weighted by Gasteiger charge is 2.22. The lowest BCUT2D eigenvalue weighted by Gasteiger charge is -2.12. The molecule has 0 radical (unpaired) electrons. The van der Waals surface area contributed by atoms with Crippen molar-refractivity contribution < 1.29 is 4.74 Å². The molecule has 0 aromatic rings. The minimum Gasteiger partial charge on any atom is -0.366 e. The Morgan fingerprint density at radius 2 is 2.44 bits per heavy atom. The van der Waals surface area contributed by atoms with Crippen molar-refractivity contribution >= 4 is 0 Å². The van der Waals surface area contributed by atoms with Crippen LogP contribution in [0.25, 0.3) is 0 Å². The Kier molecular flexibility index (Phi) is 1.30. The number of rotatable bonds is 0. The molecule has 9 heavy (non-hydrogen) atoms. The van der Waals surface area contributed by atoms with Gasteiger partial charge in [0, 0.05) is 0 Å². The zero-order valence-corrected chi connectivity index (χ0v) is 5.64. The van der Waals surface area contributed by atoms with Crippen molar-refractivity contribution in [3.63, 3.8) is 0 Å². The zero-order chi connectivity index (χ0) is 6.91. The van der Waals surface area contributed by atoms with Crippen LogP contribution in [0.15, 0.2) is 11.6 Å². The maximum absolute atomic E-state index is 8.40. The fraction of sp³-hybridized carbons (Fsp3) is 0.571. The highest BCUT2D eigenvalue weighted by atomic mass is 16.5. The number of ether oxygens (including phenoxy) is 1. The second-order valence-electron chi connectivity index (χ2n) is 2.67. The van der Waals surface area contributed by atoms with E-state index >= 15 is 0 Å². The summed E-state index contributed by atoms with van der Waals surface area (Å²) in [5, 5.41) is 8.40. The summed E-state index contributed by atoms with van der Waals surface area (Å²) in [6.07, 6.45) is 1.85. The topological polar surface area (TPSA) is 33.0 Å². The number of hydrogen-bond acceptors (Lipinski definition) is 2. The Morgan fingerprint density at radius 3 is 2.67 bits per heavy atom. The molecule has 0 fully saturated rings. The van der Waals surface area contributed by atoms with Gasteiger partial charge in [-0.2, -0.15) is 5.26 Å². The predicted octanol–water partition coefficient (Wildman–Crippen LogP) is 1.25. The van der Waals surface area contributed by atoms with Gasteiger partial charge in [-0.25, -0.2) is 0 Å². The maximum atomic E-state index is 8.40. The molecule has 0 unspecified atom stereocenters. The third-order valence-corrected chi connectivity index (χ3v) is 1.27. The third kappa shape index (κ3) is 1.30. The highest BCUT2D eigenvalue weighted by Crippen LogP contribution is 2.20. The van der Waals surface area contributed by atoms with Gasteiger partial charge in [0.05, 0.1) is 23.9 Å². The SMILES string of the molecule is CC1(C)C=C(C#N)CO1. The van der Waals surface area contributed by atoms with E-state index in [0.717, 1.165) is 5.57 Å². The smallest absolute Gasteiger partial charge is 0.0969 e. The van der Waals surface area contributed by atoms with Gasteiger partial charge < -0.3 is 4.74 Å². The standard InChI is InChI=1S/C7H9NO/c1-7(2)3-6(4-8)5-9-7/h3H,5H2,1-2H3. The van der Waals surface area contributed by atoms with Crippen molar-refractivity contribution in [2.75, 3.05) is 6.61 Å². The lowest BCUT2D eigenvalue weighted by Crippen LogP contribution is -2.15. The lowest BCUT2D eigenvalue weighted by atomic mass is 10.1. The molecule has 0 aromatic carbocycles. The summed E-state index contributed by atoms with van der Waals surface area (Å²) in [6, 6.07) is 2.06. The molecule has 1 aliphatic rings. The van der Waals surface area contributed by atoms with Gasteiger partial charge in [0.15, 0.2) is 0 Å². The predicted molar refractivity (Wildman–Crippen MR) is 33.7 cm³/mol. The lowest BCUT2D eigenvalue weighted by molar-refractivity contribution is 0.0563. The first-order chi connectivity index (χ1) is 4.14. The second kappa shape index (κ2) is 1.85. The summed E-state index contributed by atoms with van der Waals surface area (Å²) in [5.41, 5.74) is 0.519. The van der Waals surface area contributed by atoms with Gasteiger partial charge >= 0.3 is 0 Å². The summed E-state index contributed by atoms with van der Waals surface area (Å²) in [7, 11) is 0. The monoisotopic (exact) mass is 123 g/mol. The van der Waals surface area contributed by atoms with Crippen LogP contribution < -0.4 is 0 Å². The Hall–Kier alpha value is -0.810. The molecule has 0 bridgehead atoms. The van der Waals surface area contributed by atoms with Gasteiger partial charge in [0.25, 0.3) is 0 Å². The molecule has 0 atom stereocenters. The Balaban J connectivity index is 2.75. The second-order valence-corrected chi connectivity index (χ2v) is 2.67. The Morgan fingerprint density at radius 1 is 1.78 bits per heavy atom. The van der Waals surface area contributed by atoms with Crippen LogP contribution in [0.3, 0.4) is 0 Å².